The largest absolute Gasteiger partial charge is 0.535 e. The van der Waals surface area contributed by atoms with E-state index in [0.29, 0.717) is 16.9 Å². The zero-order valence-corrected chi connectivity index (χ0v) is 13.1. The van der Waals surface area contributed by atoms with Crippen LogP contribution in [0, 0.1) is 5.92 Å². The molecule has 0 aromatic heterocycles. The quantitative estimate of drug-likeness (QED) is 0.580. The first-order valence-corrected chi connectivity index (χ1v) is 8.56. The van der Waals surface area contributed by atoms with Crippen LogP contribution in [0.15, 0.2) is 17.0 Å². The van der Waals surface area contributed by atoms with Crippen LogP contribution in [0.25, 0.3) is 0 Å². The lowest BCUT2D eigenvalue weighted by Gasteiger charge is -2.32. The molecule has 0 amide bonds. The van der Waals surface area contributed by atoms with Gasteiger partial charge in [0.1, 0.15) is 11.3 Å². The van der Waals surface area contributed by atoms with Crippen molar-refractivity contribution in [2.45, 2.75) is 35.2 Å². The molecule has 0 unspecified atom stereocenters. The average molecular weight is 319 g/mol. The van der Waals surface area contributed by atoms with E-state index < -0.39 is 13.1 Å². The Morgan fingerprint density at radius 1 is 1.50 bits per heavy atom. The Balaban J connectivity index is 1.69. The molecule has 22 heavy (non-hydrogen) atoms. The Morgan fingerprint density at radius 2 is 2.27 bits per heavy atom. The van der Waals surface area contributed by atoms with Gasteiger partial charge >= 0.3 is 13.1 Å². The monoisotopic (exact) mass is 319 g/mol. The number of hydrogen-bond acceptors (Lipinski definition) is 5. The molecule has 116 valence electrons. The second-order valence-corrected chi connectivity index (χ2v) is 7.84. The highest BCUT2D eigenvalue weighted by molar-refractivity contribution is 8.00. The van der Waals surface area contributed by atoms with E-state index >= 15 is 0 Å². The maximum absolute atomic E-state index is 11.8. The van der Waals surface area contributed by atoms with E-state index in [9.17, 15) is 14.9 Å². The number of rotatable bonds is 4. The van der Waals surface area contributed by atoms with E-state index in [0.717, 1.165) is 30.0 Å². The zero-order chi connectivity index (χ0) is 15.4. The van der Waals surface area contributed by atoms with Crippen LogP contribution in [0.1, 0.15) is 35.2 Å². The minimum Gasteiger partial charge on any atom is -0.535 e. The average Bonchev–Trinajstić information content (AvgIpc) is 3.16. The third-order valence-corrected chi connectivity index (χ3v) is 6.35. The Morgan fingerprint density at radius 3 is 2.91 bits per heavy atom. The smallest absolute Gasteiger partial charge is 0.526 e. The second kappa shape index (κ2) is 5.18. The van der Waals surface area contributed by atoms with Crippen molar-refractivity contribution in [2.24, 2.45) is 5.92 Å². The molecule has 1 aromatic rings. The number of fused-ring (bicyclic) bond motifs is 3. The first kappa shape index (κ1) is 14.4. The fourth-order valence-electron chi connectivity index (χ4n) is 3.34. The number of aromatic carboxylic acids is 1. The van der Waals surface area contributed by atoms with E-state index in [4.69, 9.17) is 4.65 Å². The number of hydrogen-bond donors (Lipinski definition) is 3. The van der Waals surface area contributed by atoms with Gasteiger partial charge < -0.3 is 20.1 Å². The number of carbonyl (C=O) groups is 1. The van der Waals surface area contributed by atoms with Crippen LogP contribution in [0.3, 0.4) is 0 Å². The van der Waals surface area contributed by atoms with Crippen molar-refractivity contribution < 1.29 is 19.6 Å². The molecule has 1 aromatic carbocycles. The van der Waals surface area contributed by atoms with Crippen LogP contribution in [-0.4, -0.2) is 41.6 Å². The third kappa shape index (κ3) is 2.23. The molecule has 7 heteroatoms. The highest BCUT2D eigenvalue weighted by Gasteiger charge is 2.54. The molecule has 0 radical (unpaired) electrons. The summed E-state index contributed by atoms with van der Waals surface area (Å²) in [5.74, 6) is 0.353. The van der Waals surface area contributed by atoms with E-state index in [-0.39, 0.29) is 17.3 Å². The van der Waals surface area contributed by atoms with Gasteiger partial charge in [-0.1, -0.05) is 13.0 Å². The lowest BCUT2D eigenvalue weighted by atomic mass is 9.77. The number of thioether (sulfide) groups is 1. The molecular formula is C15H18BNO4S. The summed E-state index contributed by atoms with van der Waals surface area (Å²) in [6, 6.07) is 3.89. The number of nitrogens with one attached hydrogen (secondary N) is 1. The van der Waals surface area contributed by atoms with Crippen molar-refractivity contribution in [3.63, 3.8) is 0 Å². The molecule has 1 saturated carbocycles. The Bertz CT molecular complexity index is 636. The molecule has 0 spiro atoms. The molecule has 1 aliphatic carbocycles. The van der Waals surface area contributed by atoms with Gasteiger partial charge in [-0.3, -0.25) is 0 Å². The van der Waals surface area contributed by atoms with Gasteiger partial charge in [0.05, 0.1) is 0 Å². The topological polar surface area (TPSA) is 78.8 Å². The first-order chi connectivity index (χ1) is 10.6. The summed E-state index contributed by atoms with van der Waals surface area (Å²) in [6.07, 6.45) is 0.879. The molecule has 0 bridgehead atoms. The standard InChI is InChI=1S/C15H18BNO4S/c1-7(8-5-17-6-8)22-12-3-2-9-10-4-11(10)16(20)21-14(9)13(12)15(18)19/h2-3,7-8,10-11,17,20H,4-6H2,1H3,(H,18,19)/t7-,10+,11+/m1/s1. The fraction of sp³-hybridized carbons (Fsp3) is 0.533. The lowest BCUT2D eigenvalue weighted by molar-refractivity contribution is 0.0690. The summed E-state index contributed by atoms with van der Waals surface area (Å²) < 4.78 is 5.55. The lowest BCUT2D eigenvalue weighted by Crippen LogP contribution is -2.46. The number of benzene rings is 1. The van der Waals surface area contributed by atoms with Gasteiger partial charge in [0.25, 0.3) is 0 Å². The Labute approximate surface area is 133 Å². The summed E-state index contributed by atoms with van der Waals surface area (Å²) in [5, 5.41) is 23.2. The van der Waals surface area contributed by atoms with Crippen molar-refractivity contribution in [1.29, 1.82) is 0 Å². The van der Waals surface area contributed by atoms with Gasteiger partial charge in [-0.15, -0.1) is 11.8 Å². The number of carboxylic acid groups (broad SMARTS) is 1. The van der Waals surface area contributed by atoms with Crippen molar-refractivity contribution in [2.75, 3.05) is 13.1 Å². The Kier molecular flexibility index (Phi) is 3.40. The van der Waals surface area contributed by atoms with Gasteiger partial charge in [-0.25, -0.2) is 4.79 Å². The third-order valence-electron chi connectivity index (χ3n) is 5.00. The minimum absolute atomic E-state index is 0.132. The zero-order valence-electron chi connectivity index (χ0n) is 12.3. The van der Waals surface area contributed by atoms with Crippen LogP contribution in [0.2, 0.25) is 5.82 Å². The molecule has 1 saturated heterocycles. The predicted molar refractivity (Wildman–Crippen MR) is 84.8 cm³/mol. The summed E-state index contributed by atoms with van der Waals surface area (Å²) in [7, 11) is -0.871. The summed E-state index contributed by atoms with van der Waals surface area (Å²) >= 11 is 1.59. The predicted octanol–water partition coefficient (Wildman–Crippen LogP) is 1.82. The number of carboxylic acids is 1. The van der Waals surface area contributed by atoms with Crippen molar-refractivity contribution in [3.8, 4) is 5.75 Å². The van der Waals surface area contributed by atoms with Crippen LogP contribution in [-0.2, 0) is 0 Å². The molecule has 2 fully saturated rings. The van der Waals surface area contributed by atoms with Crippen molar-refractivity contribution in [3.05, 3.63) is 23.3 Å². The molecular weight excluding hydrogens is 301 g/mol. The van der Waals surface area contributed by atoms with E-state index in [1.807, 2.05) is 12.1 Å². The normalized spacial score (nSPS) is 27.3. The molecule has 2 heterocycles. The maximum atomic E-state index is 11.8. The highest BCUT2D eigenvalue weighted by atomic mass is 32.2. The second-order valence-electron chi connectivity index (χ2n) is 6.42. The maximum Gasteiger partial charge on any atom is 0.526 e. The van der Waals surface area contributed by atoms with Crippen molar-refractivity contribution in [1.82, 2.24) is 5.32 Å². The van der Waals surface area contributed by atoms with Crippen LogP contribution in [0.4, 0.5) is 0 Å². The molecule has 3 N–H and O–H groups in total. The summed E-state index contributed by atoms with van der Waals surface area (Å²) in [5.41, 5.74) is 1.15. The molecule has 3 atom stereocenters. The highest BCUT2D eigenvalue weighted by Crippen LogP contribution is 2.60. The van der Waals surface area contributed by atoms with E-state index in [2.05, 4.69) is 12.2 Å². The van der Waals surface area contributed by atoms with Crippen LogP contribution < -0.4 is 9.97 Å². The molecule has 5 nitrogen and oxygen atoms in total. The first-order valence-electron chi connectivity index (χ1n) is 7.68. The van der Waals surface area contributed by atoms with E-state index in [1.165, 1.54) is 0 Å². The van der Waals surface area contributed by atoms with Gasteiger partial charge in [0, 0.05) is 29.1 Å². The molecule has 3 aliphatic rings. The van der Waals surface area contributed by atoms with Gasteiger partial charge in [-0.2, -0.15) is 0 Å². The molecule has 4 rings (SSSR count). The SMILES string of the molecule is C[C@@H](Sc1ccc2c(c1C(=O)O)OB(O)[C@H]1C[C@@H]21)C1CNC1. The molecule has 2 aliphatic heterocycles. The Hall–Kier alpha value is -1.18. The van der Waals surface area contributed by atoms with Gasteiger partial charge in [0.2, 0.25) is 0 Å². The van der Waals surface area contributed by atoms with Gasteiger partial charge in [-0.05, 0) is 29.9 Å². The summed E-state index contributed by atoms with van der Waals surface area (Å²) in [6.45, 7) is 4.11. The minimum atomic E-state index is -0.982. The van der Waals surface area contributed by atoms with Crippen LogP contribution >= 0.6 is 11.8 Å². The fourth-order valence-corrected chi connectivity index (χ4v) is 4.57. The van der Waals surface area contributed by atoms with E-state index in [1.54, 1.807) is 11.8 Å². The van der Waals surface area contributed by atoms with Crippen LogP contribution in [0.5, 0.6) is 5.75 Å². The van der Waals surface area contributed by atoms with Crippen molar-refractivity contribution >= 4 is 24.8 Å². The van der Waals surface area contributed by atoms with Gasteiger partial charge in [0.15, 0.2) is 0 Å². The summed E-state index contributed by atoms with van der Waals surface area (Å²) in [4.78, 5) is 12.5.